The molecule has 1 saturated heterocycles. The number of piperazine rings is 1. The van der Waals surface area contributed by atoms with E-state index in [4.69, 9.17) is 0 Å². The fraction of sp³-hybridized carbons (Fsp3) is 0.417. The van der Waals surface area contributed by atoms with Gasteiger partial charge in [0.1, 0.15) is 11.7 Å². The van der Waals surface area contributed by atoms with Crippen molar-refractivity contribution < 1.29 is 14.8 Å². The number of carboxylic acids is 1. The Kier molecular flexibility index (Phi) is 3.66. The monoisotopic (exact) mass is 265 g/mol. The van der Waals surface area contributed by atoms with Crippen molar-refractivity contribution >= 4 is 17.3 Å². The molecule has 7 nitrogen and oxygen atoms in total. The van der Waals surface area contributed by atoms with Gasteiger partial charge in [-0.15, -0.1) is 0 Å². The number of anilines is 1. The Balaban J connectivity index is 2.49. The van der Waals surface area contributed by atoms with Crippen molar-refractivity contribution in [2.45, 2.75) is 13.0 Å². The average Bonchev–Trinajstić information content (AvgIpc) is 2.38. The van der Waals surface area contributed by atoms with Gasteiger partial charge in [-0.2, -0.15) is 0 Å². The lowest BCUT2D eigenvalue weighted by Gasteiger charge is -2.35. The first-order chi connectivity index (χ1) is 9.02. The summed E-state index contributed by atoms with van der Waals surface area (Å²) >= 11 is 0. The van der Waals surface area contributed by atoms with E-state index in [0.717, 1.165) is 0 Å². The number of carboxylic acid groups (broad SMARTS) is 1. The summed E-state index contributed by atoms with van der Waals surface area (Å²) in [6.45, 7) is 3.07. The summed E-state index contributed by atoms with van der Waals surface area (Å²) in [5.41, 5.74) is 1.07. The summed E-state index contributed by atoms with van der Waals surface area (Å²) in [5.74, 6) is -0.982. The molecule has 1 fully saturated rings. The summed E-state index contributed by atoms with van der Waals surface area (Å²) in [5, 5.41) is 23.3. The first-order valence-corrected chi connectivity index (χ1v) is 5.96. The quantitative estimate of drug-likeness (QED) is 0.619. The van der Waals surface area contributed by atoms with Gasteiger partial charge in [-0.25, -0.2) is 4.79 Å². The third kappa shape index (κ3) is 2.50. The van der Waals surface area contributed by atoms with Crippen LogP contribution in [0.25, 0.3) is 0 Å². The molecule has 102 valence electrons. The van der Waals surface area contributed by atoms with Crippen LogP contribution >= 0.6 is 0 Å². The fourth-order valence-corrected chi connectivity index (χ4v) is 2.36. The molecule has 1 aliphatic rings. The van der Waals surface area contributed by atoms with Crippen molar-refractivity contribution in [3.8, 4) is 0 Å². The minimum absolute atomic E-state index is 0.0480. The predicted octanol–water partition coefficient (Wildman–Crippen LogP) is 0.766. The maximum Gasteiger partial charge on any atom is 0.327 e. The fourth-order valence-electron chi connectivity index (χ4n) is 2.36. The molecule has 0 radical (unpaired) electrons. The van der Waals surface area contributed by atoms with E-state index in [1.807, 2.05) is 0 Å². The zero-order chi connectivity index (χ0) is 14.0. The van der Waals surface area contributed by atoms with Crippen molar-refractivity contribution in [1.82, 2.24) is 5.32 Å². The molecule has 1 aliphatic heterocycles. The van der Waals surface area contributed by atoms with Crippen LogP contribution in [0.5, 0.6) is 0 Å². The normalized spacial score (nSPS) is 19.2. The number of rotatable bonds is 3. The van der Waals surface area contributed by atoms with Crippen molar-refractivity contribution in [2.75, 3.05) is 24.5 Å². The number of nitrogens with one attached hydrogen (secondary N) is 1. The van der Waals surface area contributed by atoms with Crippen LogP contribution in [-0.2, 0) is 4.79 Å². The molecular formula is C12H15N3O4. The Morgan fingerprint density at radius 3 is 2.95 bits per heavy atom. The number of aliphatic carboxylic acids is 1. The number of benzene rings is 1. The van der Waals surface area contributed by atoms with Crippen LogP contribution in [0.1, 0.15) is 5.56 Å². The SMILES string of the molecule is Cc1cccc([N+](=O)[O-])c1N1CCNCC1C(=O)O. The summed E-state index contributed by atoms with van der Waals surface area (Å²) in [4.78, 5) is 23.5. The molecule has 0 aliphatic carbocycles. The molecule has 1 atom stereocenters. The van der Waals surface area contributed by atoms with Gasteiger partial charge in [0.15, 0.2) is 0 Å². The highest BCUT2D eigenvalue weighted by atomic mass is 16.6. The summed E-state index contributed by atoms with van der Waals surface area (Å²) in [6.07, 6.45) is 0. The van der Waals surface area contributed by atoms with Gasteiger partial charge in [0.25, 0.3) is 5.69 Å². The zero-order valence-corrected chi connectivity index (χ0v) is 10.5. The number of carbonyl (C=O) groups is 1. The lowest BCUT2D eigenvalue weighted by Crippen LogP contribution is -2.55. The van der Waals surface area contributed by atoms with Crippen molar-refractivity contribution in [2.24, 2.45) is 0 Å². The second-order valence-corrected chi connectivity index (χ2v) is 4.45. The molecule has 2 rings (SSSR count). The minimum atomic E-state index is -0.982. The second-order valence-electron chi connectivity index (χ2n) is 4.45. The van der Waals surface area contributed by atoms with Crippen LogP contribution < -0.4 is 10.2 Å². The van der Waals surface area contributed by atoms with Gasteiger partial charge >= 0.3 is 5.97 Å². The van der Waals surface area contributed by atoms with E-state index in [1.54, 1.807) is 24.0 Å². The lowest BCUT2D eigenvalue weighted by molar-refractivity contribution is -0.384. The predicted molar refractivity (Wildman–Crippen MR) is 69.5 cm³/mol. The number of hydrogen-bond acceptors (Lipinski definition) is 5. The molecule has 19 heavy (non-hydrogen) atoms. The molecule has 1 aromatic carbocycles. The molecule has 0 amide bonds. The summed E-state index contributed by atoms with van der Waals surface area (Å²) < 4.78 is 0. The summed E-state index contributed by atoms with van der Waals surface area (Å²) in [6, 6.07) is 3.98. The van der Waals surface area contributed by atoms with E-state index in [2.05, 4.69) is 5.32 Å². The summed E-state index contributed by atoms with van der Waals surface area (Å²) in [7, 11) is 0. The van der Waals surface area contributed by atoms with Crippen molar-refractivity contribution in [3.05, 3.63) is 33.9 Å². The molecule has 0 aromatic heterocycles. The van der Waals surface area contributed by atoms with Crippen LogP contribution in [0.15, 0.2) is 18.2 Å². The van der Waals surface area contributed by atoms with Crippen LogP contribution in [0, 0.1) is 17.0 Å². The van der Waals surface area contributed by atoms with Crippen LogP contribution in [0.4, 0.5) is 11.4 Å². The first kappa shape index (κ1) is 13.3. The second kappa shape index (κ2) is 5.23. The third-order valence-electron chi connectivity index (χ3n) is 3.23. The minimum Gasteiger partial charge on any atom is -0.480 e. The Bertz CT molecular complexity index is 518. The smallest absolute Gasteiger partial charge is 0.327 e. The van der Waals surface area contributed by atoms with Gasteiger partial charge in [0.05, 0.1) is 4.92 Å². The Morgan fingerprint density at radius 1 is 1.58 bits per heavy atom. The lowest BCUT2D eigenvalue weighted by atomic mass is 10.1. The molecule has 2 N–H and O–H groups in total. The van der Waals surface area contributed by atoms with Gasteiger partial charge in [0, 0.05) is 25.7 Å². The number of nitro groups is 1. The van der Waals surface area contributed by atoms with E-state index in [9.17, 15) is 20.0 Å². The van der Waals surface area contributed by atoms with Gasteiger partial charge in [-0.3, -0.25) is 10.1 Å². The molecule has 0 bridgehead atoms. The molecule has 0 spiro atoms. The maximum absolute atomic E-state index is 11.3. The molecule has 1 unspecified atom stereocenters. The molecule has 1 aromatic rings. The number of para-hydroxylation sites is 1. The van der Waals surface area contributed by atoms with Crippen molar-refractivity contribution in [1.29, 1.82) is 0 Å². The Hall–Kier alpha value is -2.15. The largest absolute Gasteiger partial charge is 0.480 e. The van der Waals surface area contributed by atoms with Gasteiger partial charge in [-0.05, 0) is 12.5 Å². The highest BCUT2D eigenvalue weighted by Crippen LogP contribution is 2.33. The van der Waals surface area contributed by atoms with Crippen molar-refractivity contribution in [3.63, 3.8) is 0 Å². The molecular weight excluding hydrogens is 250 g/mol. The molecule has 1 heterocycles. The third-order valence-corrected chi connectivity index (χ3v) is 3.23. The van der Waals surface area contributed by atoms with Crippen LogP contribution in [0.2, 0.25) is 0 Å². The highest BCUT2D eigenvalue weighted by Gasteiger charge is 2.33. The average molecular weight is 265 g/mol. The van der Waals surface area contributed by atoms with E-state index in [0.29, 0.717) is 24.3 Å². The van der Waals surface area contributed by atoms with E-state index < -0.39 is 16.9 Å². The molecule has 0 saturated carbocycles. The highest BCUT2D eigenvalue weighted by molar-refractivity contribution is 5.81. The number of hydrogen-bond donors (Lipinski definition) is 2. The topological polar surface area (TPSA) is 95.7 Å². The molecule has 7 heteroatoms. The van der Waals surface area contributed by atoms with Crippen LogP contribution in [-0.4, -0.2) is 41.7 Å². The number of nitrogens with zero attached hydrogens (tertiary/aromatic N) is 2. The Labute approximate surface area is 110 Å². The van der Waals surface area contributed by atoms with E-state index in [-0.39, 0.29) is 12.2 Å². The Morgan fingerprint density at radius 2 is 2.32 bits per heavy atom. The van der Waals surface area contributed by atoms with Gasteiger partial charge in [-0.1, -0.05) is 12.1 Å². The van der Waals surface area contributed by atoms with Gasteiger partial charge in [0.2, 0.25) is 0 Å². The number of aryl methyl sites for hydroxylation is 1. The van der Waals surface area contributed by atoms with Gasteiger partial charge < -0.3 is 15.3 Å². The first-order valence-electron chi connectivity index (χ1n) is 5.96. The number of nitro benzene ring substituents is 1. The van der Waals surface area contributed by atoms with Crippen LogP contribution in [0.3, 0.4) is 0 Å². The maximum atomic E-state index is 11.3. The van der Waals surface area contributed by atoms with E-state index >= 15 is 0 Å². The standard InChI is InChI=1S/C12H15N3O4/c1-8-3-2-4-9(15(18)19)11(8)14-6-5-13-7-10(14)12(16)17/h2-4,10,13H,5-7H2,1H3,(H,16,17). The van der Waals surface area contributed by atoms with E-state index in [1.165, 1.54) is 6.07 Å². The zero-order valence-electron chi connectivity index (χ0n) is 10.5.